The maximum atomic E-state index is 2.66. The normalized spacial score (nSPS) is 13.2. The van der Waals surface area contributed by atoms with E-state index >= 15 is 0 Å². The van der Waals surface area contributed by atoms with Crippen LogP contribution >= 0.6 is 8.41 Å². The predicted molar refractivity (Wildman–Crippen MR) is 82.0 cm³/mol. The van der Waals surface area contributed by atoms with Gasteiger partial charge >= 0.3 is 106 Å². The van der Waals surface area contributed by atoms with Gasteiger partial charge in [-0.05, 0) is 0 Å². The van der Waals surface area contributed by atoms with Crippen LogP contribution in [-0.4, -0.2) is 24.2 Å². The van der Waals surface area contributed by atoms with Crippen LogP contribution in [0.3, 0.4) is 0 Å². The molecule has 0 amide bonds. The molecule has 0 saturated carbocycles. The van der Waals surface area contributed by atoms with Gasteiger partial charge in [0.25, 0.3) is 0 Å². The summed E-state index contributed by atoms with van der Waals surface area (Å²) in [5.41, 5.74) is 0. The van der Waals surface area contributed by atoms with Gasteiger partial charge in [-0.3, -0.25) is 0 Å². The van der Waals surface area contributed by atoms with Gasteiger partial charge in [-0.25, -0.2) is 0 Å². The second-order valence-electron chi connectivity index (χ2n) is 4.59. The standard InChI is InChI=1S/C12H30Ge2S/c1-7-13(8-2,9-3)15-14(10-4,11-5)12-6/h7-12H2,1-6H3. The molecule has 0 saturated heterocycles. The molecule has 0 fully saturated rings. The van der Waals surface area contributed by atoms with E-state index in [1.165, 1.54) is 0 Å². The molecule has 0 aromatic carbocycles. The third-order valence-corrected chi connectivity index (χ3v) is 64.2. The minimum absolute atomic E-state index is 1.45. The van der Waals surface area contributed by atoms with E-state index in [9.17, 15) is 0 Å². The van der Waals surface area contributed by atoms with Gasteiger partial charge in [0.1, 0.15) is 0 Å². The van der Waals surface area contributed by atoms with Crippen LogP contribution in [-0.2, 0) is 0 Å². The average molecular weight is 352 g/mol. The van der Waals surface area contributed by atoms with E-state index in [1.807, 2.05) is 0 Å². The molecule has 0 radical (unpaired) electrons. The Morgan fingerprint density at radius 2 is 0.733 bits per heavy atom. The summed E-state index contributed by atoms with van der Waals surface area (Å²) >= 11 is -2.90. The van der Waals surface area contributed by atoms with Crippen LogP contribution < -0.4 is 0 Å². The molecule has 15 heavy (non-hydrogen) atoms. The van der Waals surface area contributed by atoms with E-state index in [-0.39, 0.29) is 0 Å². The Balaban J connectivity index is 4.74. The van der Waals surface area contributed by atoms with Gasteiger partial charge in [-0.2, -0.15) is 0 Å². The molecule has 0 unspecified atom stereocenters. The van der Waals surface area contributed by atoms with E-state index < -0.39 is 24.2 Å². The molecule has 92 valence electrons. The van der Waals surface area contributed by atoms with Gasteiger partial charge in [0.05, 0.1) is 0 Å². The van der Waals surface area contributed by atoms with Gasteiger partial charge in [-0.15, -0.1) is 0 Å². The average Bonchev–Trinajstić information content (AvgIpc) is 2.33. The molecule has 0 nitrogen and oxygen atoms in total. The molecule has 0 aliphatic rings. The summed E-state index contributed by atoms with van der Waals surface area (Å²) < 4.78 is 0. The fourth-order valence-electron chi connectivity index (χ4n) is 2.39. The van der Waals surface area contributed by atoms with Crippen molar-refractivity contribution in [3.05, 3.63) is 0 Å². The summed E-state index contributed by atoms with van der Waals surface area (Å²) in [5.74, 6) is 0. The Kier molecular flexibility index (Phi) is 8.44. The zero-order chi connectivity index (χ0) is 11.9. The summed E-state index contributed by atoms with van der Waals surface area (Å²) in [7, 11) is 2.66. The molecular weight excluding hydrogens is 321 g/mol. The molecule has 0 bridgehead atoms. The second-order valence-corrected chi connectivity index (χ2v) is 40.6. The molecule has 3 heteroatoms. The van der Waals surface area contributed by atoms with Gasteiger partial charge in [0, 0.05) is 0 Å². The van der Waals surface area contributed by atoms with E-state index in [0.717, 1.165) is 0 Å². The van der Waals surface area contributed by atoms with Crippen LogP contribution in [0.1, 0.15) is 41.5 Å². The van der Waals surface area contributed by atoms with Crippen molar-refractivity contribution in [3.8, 4) is 0 Å². The molecule has 0 heterocycles. The van der Waals surface area contributed by atoms with Gasteiger partial charge in [0.2, 0.25) is 0 Å². The Morgan fingerprint density at radius 3 is 0.867 bits per heavy atom. The number of hydrogen-bond donors (Lipinski definition) is 0. The summed E-state index contributed by atoms with van der Waals surface area (Å²) in [6.07, 6.45) is 0. The third-order valence-electron chi connectivity index (χ3n) is 4.30. The van der Waals surface area contributed by atoms with E-state index in [0.29, 0.717) is 0 Å². The predicted octanol–water partition coefficient (Wildman–Crippen LogP) is 5.73. The number of rotatable bonds is 8. The quantitative estimate of drug-likeness (QED) is 0.503. The van der Waals surface area contributed by atoms with Gasteiger partial charge in [-0.1, -0.05) is 0 Å². The van der Waals surface area contributed by atoms with E-state index in [4.69, 9.17) is 0 Å². The SMILES string of the molecule is C[CH2][Ge]([CH2]C)([CH2]C)[S][Ge]([CH2]C)([CH2]C)[CH2]C. The van der Waals surface area contributed by atoms with Crippen molar-refractivity contribution in [2.24, 2.45) is 0 Å². The zero-order valence-electron chi connectivity index (χ0n) is 11.7. The monoisotopic (exact) mass is 354 g/mol. The van der Waals surface area contributed by atoms with Crippen LogP contribution in [0.2, 0.25) is 31.5 Å². The molecule has 0 rings (SSSR count). The molecule has 0 aliphatic carbocycles. The Bertz CT molecular complexity index is 128. The van der Waals surface area contributed by atoms with Crippen LogP contribution in [0.25, 0.3) is 0 Å². The van der Waals surface area contributed by atoms with Crippen molar-refractivity contribution < 1.29 is 0 Å². The molecule has 0 atom stereocenters. The van der Waals surface area contributed by atoms with Crippen LogP contribution in [0.4, 0.5) is 0 Å². The van der Waals surface area contributed by atoms with Crippen molar-refractivity contribution in [1.82, 2.24) is 0 Å². The number of hydrogen-bond acceptors (Lipinski definition) is 1. The molecule has 0 N–H and O–H groups in total. The van der Waals surface area contributed by atoms with Crippen molar-refractivity contribution in [2.75, 3.05) is 0 Å². The molecular formula is C12H30Ge2S. The minimum atomic E-state index is -1.45. The fourth-order valence-corrected chi connectivity index (χ4v) is 80.1. The topological polar surface area (TPSA) is 0 Å². The maximum absolute atomic E-state index is 2.66. The summed E-state index contributed by atoms with van der Waals surface area (Å²) in [4.78, 5) is 0. The van der Waals surface area contributed by atoms with Gasteiger partial charge in [0.15, 0.2) is 0 Å². The first-order chi connectivity index (χ1) is 7.07. The Labute approximate surface area is 105 Å². The molecule has 0 aromatic heterocycles. The van der Waals surface area contributed by atoms with Crippen molar-refractivity contribution in [1.29, 1.82) is 0 Å². The van der Waals surface area contributed by atoms with Crippen LogP contribution in [0.5, 0.6) is 0 Å². The second kappa shape index (κ2) is 7.70. The third kappa shape index (κ3) is 4.31. The first kappa shape index (κ1) is 16.4. The molecule has 0 spiro atoms. The van der Waals surface area contributed by atoms with Gasteiger partial charge < -0.3 is 0 Å². The molecule has 0 aliphatic heterocycles. The zero-order valence-corrected chi connectivity index (χ0v) is 16.7. The van der Waals surface area contributed by atoms with Crippen molar-refractivity contribution >= 4 is 32.7 Å². The first-order valence-corrected chi connectivity index (χ1v) is 21.6. The Morgan fingerprint density at radius 1 is 0.533 bits per heavy atom. The van der Waals surface area contributed by atoms with E-state index in [2.05, 4.69) is 50.0 Å². The van der Waals surface area contributed by atoms with Crippen molar-refractivity contribution in [3.63, 3.8) is 0 Å². The van der Waals surface area contributed by atoms with Crippen molar-refractivity contribution in [2.45, 2.75) is 73.1 Å². The van der Waals surface area contributed by atoms with Crippen LogP contribution in [0.15, 0.2) is 0 Å². The van der Waals surface area contributed by atoms with E-state index in [1.54, 1.807) is 31.5 Å². The summed E-state index contributed by atoms with van der Waals surface area (Å²) in [5, 5.41) is 9.28. The fraction of sp³-hybridized carbons (Fsp3) is 1.00. The summed E-state index contributed by atoms with van der Waals surface area (Å²) in [6.45, 7) is 14.8. The molecule has 0 aromatic rings. The van der Waals surface area contributed by atoms with Crippen LogP contribution in [0, 0.1) is 0 Å². The summed E-state index contributed by atoms with van der Waals surface area (Å²) in [6, 6.07) is 0. The first-order valence-electron chi connectivity index (χ1n) is 6.77. The Hall–Kier alpha value is 1.44.